The Morgan fingerprint density at radius 1 is 1.71 bits per heavy atom. The molecule has 0 amide bonds. The van der Waals surface area contributed by atoms with Gasteiger partial charge in [0.15, 0.2) is 5.82 Å². The van der Waals surface area contributed by atoms with Crippen LogP contribution in [-0.4, -0.2) is 29.0 Å². The highest BCUT2D eigenvalue weighted by Gasteiger charge is 2.22. The van der Waals surface area contributed by atoms with Crippen molar-refractivity contribution in [1.82, 2.24) is 15.5 Å². The second-order valence-electron chi connectivity index (χ2n) is 3.62. The highest BCUT2D eigenvalue weighted by molar-refractivity contribution is 5.77. The highest BCUT2D eigenvalue weighted by Crippen LogP contribution is 2.20. The van der Waals surface area contributed by atoms with Gasteiger partial charge in [-0.05, 0) is 19.9 Å². The molecule has 14 heavy (non-hydrogen) atoms. The van der Waals surface area contributed by atoms with Crippen LogP contribution in [0.3, 0.4) is 0 Å². The van der Waals surface area contributed by atoms with Gasteiger partial charge in [0.25, 0.3) is 0 Å². The Morgan fingerprint density at radius 3 is 3.21 bits per heavy atom. The molecule has 0 spiro atoms. The van der Waals surface area contributed by atoms with Gasteiger partial charge in [-0.15, -0.1) is 0 Å². The molecule has 1 N–H and O–H groups in total. The van der Waals surface area contributed by atoms with E-state index in [0.717, 1.165) is 19.5 Å². The molecule has 0 aliphatic carbocycles. The second-order valence-corrected chi connectivity index (χ2v) is 3.62. The molecule has 5 nitrogen and oxygen atoms in total. The number of Topliss-reactive ketones (excluding diaryl/α,β-unsaturated/α-hetero) is 1. The molecule has 1 saturated heterocycles. The third kappa shape index (κ3) is 1.98. The monoisotopic (exact) mass is 195 g/mol. The molecule has 0 bridgehead atoms. The Morgan fingerprint density at radius 2 is 2.57 bits per heavy atom. The predicted molar refractivity (Wildman–Crippen MR) is 48.9 cm³/mol. The molecule has 1 aromatic heterocycles. The van der Waals surface area contributed by atoms with Crippen molar-refractivity contribution in [2.75, 3.05) is 13.1 Å². The van der Waals surface area contributed by atoms with Gasteiger partial charge in [-0.2, -0.15) is 4.98 Å². The number of carbonyl (C=O) groups is 1. The number of hydrogen-bond donors (Lipinski definition) is 1. The fourth-order valence-corrected chi connectivity index (χ4v) is 1.59. The Kier molecular flexibility index (Phi) is 2.58. The van der Waals surface area contributed by atoms with Crippen molar-refractivity contribution in [3.63, 3.8) is 0 Å². The summed E-state index contributed by atoms with van der Waals surface area (Å²) in [6.45, 7) is 3.41. The van der Waals surface area contributed by atoms with Gasteiger partial charge < -0.3 is 9.84 Å². The van der Waals surface area contributed by atoms with Crippen molar-refractivity contribution >= 4 is 5.78 Å². The third-order valence-corrected chi connectivity index (χ3v) is 2.30. The van der Waals surface area contributed by atoms with Crippen LogP contribution in [0.25, 0.3) is 0 Å². The minimum absolute atomic E-state index is 0.0573. The first-order valence-electron chi connectivity index (χ1n) is 4.78. The van der Waals surface area contributed by atoms with E-state index in [1.807, 2.05) is 0 Å². The van der Waals surface area contributed by atoms with E-state index in [2.05, 4.69) is 15.5 Å². The second kappa shape index (κ2) is 3.88. The maximum atomic E-state index is 10.8. The topological polar surface area (TPSA) is 68.0 Å². The number of ketones is 1. The number of rotatable bonds is 3. The fraction of sp³-hybridized carbons (Fsp3) is 0.667. The molecule has 5 heteroatoms. The summed E-state index contributed by atoms with van der Waals surface area (Å²) < 4.78 is 5.10. The van der Waals surface area contributed by atoms with Crippen LogP contribution in [0.15, 0.2) is 4.52 Å². The molecule has 1 aliphatic heterocycles. The molecule has 0 radical (unpaired) electrons. The van der Waals surface area contributed by atoms with Crippen molar-refractivity contribution in [2.45, 2.75) is 25.7 Å². The molecule has 2 heterocycles. The minimum Gasteiger partial charge on any atom is -0.339 e. The van der Waals surface area contributed by atoms with Crippen LogP contribution in [0.1, 0.15) is 31.0 Å². The summed E-state index contributed by atoms with van der Waals surface area (Å²) in [5.41, 5.74) is 0. The van der Waals surface area contributed by atoms with Crippen LogP contribution >= 0.6 is 0 Å². The highest BCUT2D eigenvalue weighted by atomic mass is 16.5. The van der Waals surface area contributed by atoms with Gasteiger partial charge in [-0.25, -0.2) is 0 Å². The summed E-state index contributed by atoms with van der Waals surface area (Å²) in [5, 5.41) is 6.99. The maximum Gasteiger partial charge on any atom is 0.231 e. The molecule has 1 unspecified atom stereocenters. The van der Waals surface area contributed by atoms with E-state index in [1.165, 1.54) is 6.92 Å². The lowest BCUT2D eigenvalue weighted by atomic mass is 10.1. The van der Waals surface area contributed by atoms with Crippen LogP contribution in [0.5, 0.6) is 0 Å². The first-order chi connectivity index (χ1) is 6.75. The van der Waals surface area contributed by atoms with Crippen molar-refractivity contribution in [2.24, 2.45) is 0 Å². The first kappa shape index (κ1) is 9.33. The average molecular weight is 195 g/mol. The van der Waals surface area contributed by atoms with Crippen LogP contribution in [0.4, 0.5) is 0 Å². The number of aromatic nitrogens is 2. The minimum atomic E-state index is 0.0573. The van der Waals surface area contributed by atoms with Crippen LogP contribution < -0.4 is 5.32 Å². The predicted octanol–water partition coefficient (Wildman–Crippen LogP) is 0.278. The number of carbonyl (C=O) groups excluding carboxylic acids is 1. The summed E-state index contributed by atoms with van der Waals surface area (Å²) in [5.74, 6) is 1.54. The third-order valence-electron chi connectivity index (χ3n) is 2.30. The van der Waals surface area contributed by atoms with Gasteiger partial charge in [-0.1, -0.05) is 5.16 Å². The summed E-state index contributed by atoms with van der Waals surface area (Å²) in [6.07, 6.45) is 1.30. The van der Waals surface area contributed by atoms with Crippen molar-refractivity contribution < 1.29 is 9.32 Å². The Balaban J connectivity index is 2.05. The lowest BCUT2D eigenvalue weighted by Crippen LogP contribution is -2.08. The first-order valence-corrected chi connectivity index (χ1v) is 4.78. The zero-order valence-electron chi connectivity index (χ0n) is 8.12. The van der Waals surface area contributed by atoms with E-state index >= 15 is 0 Å². The molecule has 0 aromatic carbocycles. The lowest BCUT2D eigenvalue weighted by molar-refractivity contribution is -0.116. The Hall–Kier alpha value is -1.23. The van der Waals surface area contributed by atoms with Crippen molar-refractivity contribution in [3.8, 4) is 0 Å². The molecule has 1 aliphatic rings. The molecule has 0 saturated carbocycles. The van der Waals surface area contributed by atoms with Crippen LogP contribution in [0.2, 0.25) is 0 Å². The summed E-state index contributed by atoms with van der Waals surface area (Å²) in [7, 11) is 0. The SMILES string of the molecule is CC(=O)Cc1noc(C2CCNC2)n1. The zero-order chi connectivity index (χ0) is 9.97. The molecule has 1 atom stereocenters. The van der Waals surface area contributed by atoms with E-state index in [4.69, 9.17) is 4.52 Å². The van der Waals surface area contributed by atoms with Gasteiger partial charge in [0, 0.05) is 6.54 Å². The molecule has 2 rings (SSSR count). The van der Waals surface area contributed by atoms with Gasteiger partial charge >= 0.3 is 0 Å². The fourth-order valence-electron chi connectivity index (χ4n) is 1.59. The van der Waals surface area contributed by atoms with Crippen molar-refractivity contribution in [3.05, 3.63) is 11.7 Å². The molecule has 1 aromatic rings. The summed E-state index contributed by atoms with van der Waals surface area (Å²) in [6, 6.07) is 0. The van der Waals surface area contributed by atoms with Gasteiger partial charge in [-0.3, -0.25) is 4.79 Å². The van der Waals surface area contributed by atoms with Gasteiger partial charge in [0.1, 0.15) is 5.78 Å². The smallest absolute Gasteiger partial charge is 0.231 e. The average Bonchev–Trinajstić information content (AvgIpc) is 2.69. The van der Waals surface area contributed by atoms with E-state index in [1.54, 1.807) is 0 Å². The standard InChI is InChI=1S/C9H13N3O2/c1-6(13)4-8-11-9(14-12-8)7-2-3-10-5-7/h7,10H,2-5H2,1H3. The zero-order valence-corrected chi connectivity index (χ0v) is 8.12. The number of hydrogen-bond acceptors (Lipinski definition) is 5. The van der Waals surface area contributed by atoms with E-state index in [0.29, 0.717) is 17.6 Å². The van der Waals surface area contributed by atoms with Gasteiger partial charge in [0.2, 0.25) is 5.89 Å². The maximum absolute atomic E-state index is 10.8. The number of nitrogens with one attached hydrogen (secondary N) is 1. The summed E-state index contributed by atoms with van der Waals surface area (Å²) in [4.78, 5) is 15.0. The summed E-state index contributed by atoms with van der Waals surface area (Å²) >= 11 is 0. The number of nitrogens with zero attached hydrogens (tertiary/aromatic N) is 2. The van der Waals surface area contributed by atoms with E-state index in [-0.39, 0.29) is 12.2 Å². The van der Waals surface area contributed by atoms with E-state index in [9.17, 15) is 4.79 Å². The Bertz CT molecular complexity index is 329. The molecular formula is C9H13N3O2. The quantitative estimate of drug-likeness (QED) is 0.750. The largest absolute Gasteiger partial charge is 0.339 e. The van der Waals surface area contributed by atoms with Crippen LogP contribution in [-0.2, 0) is 11.2 Å². The van der Waals surface area contributed by atoms with Gasteiger partial charge in [0.05, 0.1) is 12.3 Å². The van der Waals surface area contributed by atoms with E-state index < -0.39 is 0 Å². The van der Waals surface area contributed by atoms with Crippen LogP contribution in [0, 0.1) is 0 Å². The molecule has 76 valence electrons. The normalized spacial score (nSPS) is 21.4. The molecule has 1 fully saturated rings. The lowest BCUT2D eigenvalue weighted by Gasteiger charge is -1.98. The molecular weight excluding hydrogens is 182 g/mol. The Labute approximate surface area is 81.9 Å². The van der Waals surface area contributed by atoms with Crippen molar-refractivity contribution in [1.29, 1.82) is 0 Å².